The number of rotatable bonds is 8. The summed E-state index contributed by atoms with van der Waals surface area (Å²) in [6.45, 7) is 8.54. The monoisotopic (exact) mass is 381 g/mol. The molecule has 1 N–H and O–H groups in total. The first-order valence-electron chi connectivity index (χ1n) is 6.92. The topological polar surface area (TPSA) is 21.3 Å². The molecule has 0 heterocycles. The molecular weight excluding hydrogens is 361 g/mol. The van der Waals surface area contributed by atoms with Crippen molar-refractivity contribution in [3.05, 3.63) is 26.7 Å². The summed E-state index contributed by atoms with van der Waals surface area (Å²) in [5, 5.41) is 4.60. The van der Waals surface area contributed by atoms with E-state index in [0.717, 1.165) is 30.4 Å². The zero-order chi connectivity index (χ0) is 15.1. The fourth-order valence-electron chi connectivity index (χ4n) is 1.78. The van der Waals surface area contributed by atoms with Crippen LogP contribution in [0.5, 0.6) is 5.75 Å². The second-order valence-corrected chi connectivity index (χ2v) is 7.03. The van der Waals surface area contributed by atoms with Crippen molar-refractivity contribution >= 4 is 39.1 Å². The molecule has 0 aliphatic heterocycles. The summed E-state index contributed by atoms with van der Waals surface area (Å²) in [4.78, 5) is 0. The lowest BCUT2D eigenvalue weighted by molar-refractivity contribution is 0.207. The molecule has 0 aromatic heterocycles. The Kier molecular flexibility index (Phi) is 8.27. The molecule has 0 aliphatic rings. The van der Waals surface area contributed by atoms with Crippen LogP contribution < -0.4 is 10.1 Å². The van der Waals surface area contributed by atoms with Gasteiger partial charge in [0.1, 0.15) is 5.75 Å². The molecule has 1 atom stereocenters. The van der Waals surface area contributed by atoms with Crippen LogP contribution in [0.3, 0.4) is 0 Å². The average Bonchev–Trinajstić information content (AvgIpc) is 2.35. The Morgan fingerprint density at radius 3 is 2.55 bits per heavy atom. The predicted molar refractivity (Wildman–Crippen MR) is 91.2 cm³/mol. The minimum atomic E-state index is 0.116. The van der Waals surface area contributed by atoms with Crippen LogP contribution in [0.2, 0.25) is 10.0 Å². The van der Waals surface area contributed by atoms with E-state index in [1.54, 1.807) is 12.1 Å². The van der Waals surface area contributed by atoms with E-state index in [-0.39, 0.29) is 6.10 Å². The van der Waals surface area contributed by atoms with Crippen LogP contribution in [0.1, 0.15) is 33.6 Å². The van der Waals surface area contributed by atoms with Crippen molar-refractivity contribution in [2.45, 2.75) is 39.7 Å². The molecule has 0 fully saturated rings. The number of halogens is 3. The maximum absolute atomic E-state index is 6.14. The zero-order valence-electron chi connectivity index (χ0n) is 12.2. The van der Waals surface area contributed by atoms with Crippen molar-refractivity contribution in [2.75, 3.05) is 13.1 Å². The van der Waals surface area contributed by atoms with Crippen molar-refractivity contribution < 1.29 is 4.74 Å². The van der Waals surface area contributed by atoms with Gasteiger partial charge in [-0.15, -0.1) is 0 Å². The second kappa shape index (κ2) is 9.14. The van der Waals surface area contributed by atoms with E-state index in [4.69, 9.17) is 27.9 Å². The van der Waals surface area contributed by atoms with Gasteiger partial charge in [-0.25, -0.2) is 0 Å². The van der Waals surface area contributed by atoms with E-state index in [0.29, 0.717) is 21.7 Å². The van der Waals surface area contributed by atoms with Crippen LogP contribution in [0.25, 0.3) is 0 Å². The second-order valence-electron chi connectivity index (χ2n) is 5.37. The Labute approximate surface area is 140 Å². The maximum atomic E-state index is 6.14. The molecule has 0 saturated heterocycles. The zero-order valence-corrected chi connectivity index (χ0v) is 15.3. The number of benzene rings is 1. The molecule has 0 bridgehead atoms. The van der Waals surface area contributed by atoms with Crippen LogP contribution >= 0.6 is 39.1 Å². The van der Waals surface area contributed by atoms with Gasteiger partial charge in [0.2, 0.25) is 0 Å². The highest BCUT2D eigenvalue weighted by molar-refractivity contribution is 9.10. The Hall–Kier alpha value is 0.0400. The Bertz CT molecular complexity index is 427. The summed E-state index contributed by atoms with van der Waals surface area (Å²) in [6.07, 6.45) is 2.18. The lowest BCUT2D eigenvalue weighted by atomic mass is 10.2. The number of hydrogen-bond acceptors (Lipinski definition) is 2. The van der Waals surface area contributed by atoms with Gasteiger partial charge >= 0.3 is 0 Å². The normalized spacial score (nSPS) is 12.8. The molecule has 114 valence electrons. The van der Waals surface area contributed by atoms with Crippen LogP contribution in [-0.2, 0) is 0 Å². The van der Waals surface area contributed by atoms with Gasteiger partial charge in [0.15, 0.2) is 0 Å². The van der Waals surface area contributed by atoms with Gasteiger partial charge in [-0.05, 0) is 60.8 Å². The largest absolute Gasteiger partial charge is 0.489 e. The fraction of sp³-hybridized carbons (Fsp3) is 0.600. The van der Waals surface area contributed by atoms with E-state index in [9.17, 15) is 0 Å². The summed E-state index contributed by atoms with van der Waals surface area (Å²) in [5.74, 6) is 1.33. The van der Waals surface area contributed by atoms with Gasteiger partial charge in [-0.1, -0.05) is 37.0 Å². The molecule has 1 aromatic carbocycles. The van der Waals surface area contributed by atoms with Gasteiger partial charge in [0.25, 0.3) is 0 Å². The highest BCUT2D eigenvalue weighted by Crippen LogP contribution is 2.34. The van der Waals surface area contributed by atoms with Crippen molar-refractivity contribution in [1.29, 1.82) is 0 Å². The van der Waals surface area contributed by atoms with E-state index in [2.05, 4.69) is 42.0 Å². The lowest BCUT2D eigenvalue weighted by Crippen LogP contribution is -2.22. The smallest absolute Gasteiger partial charge is 0.139 e. The first-order chi connectivity index (χ1) is 9.40. The highest BCUT2D eigenvalue weighted by atomic mass is 79.9. The molecular formula is C15H22BrCl2NO. The Morgan fingerprint density at radius 1 is 1.20 bits per heavy atom. The molecule has 0 spiro atoms. The van der Waals surface area contributed by atoms with E-state index in [1.165, 1.54) is 0 Å². The van der Waals surface area contributed by atoms with Crippen LogP contribution in [-0.4, -0.2) is 19.2 Å². The SMILES string of the molecule is CC(C)CNCCCC(C)Oc1cc(Cl)c(Br)cc1Cl. The molecule has 1 unspecified atom stereocenters. The third kappa shape index (κ3) is 6.66. The third-order valence-corrected chi connectivity index (χ3v) is 4.31. The molecule has 20 heavy (non-hydrogen) atoms. The summed E-state index contributed by atoms with van der Waals surface area (Å²) >= 11 is 15.5. The van der Waals surface area contributed by atoms with Crippen LogP contribution in [0.4, 0.5) is 0 Å². The molecule has 0 amide bonds. The van der Waals surface area contributed by atoms with Crippen LogP contribution in [0, 0.1) is 5.92 Å². The van der Waals surface area contributed by atoms with Gasteiger partial charge < -0.3 is 10.1 Å². The van der Waals surface area contributed by atoms with Gasteiger partial charge in [-0.2, -0.15) is 0 Å². The third-order valence-electron chi connectivity index (χ3n) is 2.82. The fourth-order valence-corrected chi connectivity index (χ4v) is 2.61. The Morgan fingerprint density at radius 2 is 1.90 bits per heavy atom. The maximum Gasteiger partial charge on any atom is 0.139 e. The van der Waals surface area contributed by atoms with E-state index in [1.807, 2.05) is 0 Å². The highest BCUT2D eigenvalue weighted by Gasteiger charge is 2.10. The number of nitrogens with one attached hydrogen (secondary N) is 1. The van der Waals surface area contributed by atoms with Crippen molar-refractivity contribution in [1.82, 2.24) is 5.32 Å². The van der Waals surface area contributed by atoms with E-state index >= 15 is 0 Å². The quantitative estimate of drug-likeness (QED) is 0.470. The molecule has 0 aliphatic carbocycles. The minimum absolute atomic E-state index is 0.116. The number of hydrogen-bond donors (Lipinski definition) is 1. The summed E-state index contributed by atoms with van der Waals surface area (Å²) in [7, 11) is 0. The summed E-state index contributed by atoms with van der Waals surface area (Å²) < 4.78 is 6.62. The standard InChI is InChI=1S/C15H22BrCl2NO/c1-10(2)9-19-6-4-5-11(3)20-15-8-13(17)12(16)7-14(15)18/h7-8,10-11,19H,4-6,9H2,1-3H3. The van der Waals surface area contributed by atoms with E-state index < -0.39 is 0 Å². The lowest BCUT2D eigenvalue weighted by Gasteiger charge is -2.16. The molecule has 1 aromatic rings. The van der Waals surface area contributed by atoms with Gasteiger partial charge in [-0.3, -0.25) is 0 Å². The molecule has 1 rings (SSSR count). The first kappa shape index (κ1) is 18.1. The van der Waals surface area contributed by atoms with Gasteiger partial charge in [0.05, 0.1) is 16.1 Å². The summed E-state index contributed by atoms with van der Waals surface area (Å²) in [6, 6.07) is 3.51. The van der Waals surface area contributed by atoms with Gasteiger partial charge in [0, 0.05) is 10.5 Å². The predicted octanol–water partition coefficient (Wildman–Crippen LogP) is 5.55. The Balaban J connectivity index is 2.35. The first-order valence-corrected chi connectivity index (χ1v) is 8.47. The van der Waals surface area contributed by atoms with Crippen molar-refractivity contribution in [2.24, 2.45) is 5.92 Å². The molecule has 2 nitrogen and oxygen atoms in total. The van der Waals surface area contributed by atoms with Crippen molar-refractivity contribution in [3.8, 4) is 5.75 Å². The minimum Gasteiger partial charge on any atom is -0.489 e. The average molecular weight is 383 g/mol. The summed E-state index contributed by atoms with van der Waals surface area (Å²) in [5.41, 5.74) is 0. The molecule has 5 heteroatoms. The number of ether oxygens (including phenoxy) is 1. The molecule has 0 saturated carbocycles. The van der Waals surface area contributed by atoms with Crippen LogP contribution in [0.15, 0.2) is 16.6 Å². The van der Waals surface area contributed by atoms with Crippen molar-refractivity contribution in [3.63, 3.8) is 0 Å². The molecule has 0 radical (unpaired) electrons.